The molecule has 0 saturated carbocycles. The van der Waals surface area contributed by atoms with E-state index in [1.807, 2.05) is 12.1 Å². The fourth-order valence-electron chi connectivity index (χ4n) is 1.86. The molecule has 0 saturated heterocycles. The second kappa shape index (κ2) is 5.75. The Bertz CT molecular complexity index is 523. The van der Waals surface area contributed by atoms with Crippen molar-refractivity contribution in [3.8, 4) is 0 Å². The van der Waals surface area contributed by atoms with Gasteiger partial charge in [0.25, 0.3) is 0 Å². The monoisotopic (exact) mass is 247 g/mol. The Hall–Kier alpha value is -1.72. The van der Waals surface area contributed by atoms with Crippen molar-refractivity contribution >= 4 is 0 Å². The van der Waals surface area contributed by atoms with E-state index in [2.05, 4.69) is 29.4 Å². The maximum Gasteiger partial charge on any atom is 0.114 e. The van der Waals surface area contributed by atoms with Gasteiger partial charge in [0.1, 0.15) is 5.69 Å². The van der Waals surface area contributed by atoms with Gasteiger partial charge >= 0.3 is 0 Å². The predicted molar refractivity (Wildman–Crippen MR) is 66.9 cm³/mol. The second-order valence-corrected chi connectivity index (χ2v) is 4.16. The first-order valence-corrected chi connectivity index (χ1v) is 5.81. The van der Waals surface area contributed by atoms with Gasteiger partial charge in [0.05, 0.1) is 25.5 Å². The highest BCUT2D eigenvalue weighted by Gasteiger charge is 2.12. The Morgan fingerprint density at radius 1 is 1.33 bits per heavy atom. The number of benzene rings is 1. The lowest BCUT2D eigenvalue weighted by Gasteiger charge is -2.08. The molecule has 0 aliphatic rings. The topological polar surface area (TPSA) is 60.2 Å². The van der Waals surface area contributed by atoms with Crippen LogP contribution in [0.4, 0.5) is 0 Å². The first kappa shape index (κ1) is 12.7. The summed E-state index contributed by atoms with van der Waals surface area (Å²) in [7, 11) is 1.62. The van der Waals surface area contributed by atoms with Crippen molar-refractivity contribution in [2.45, 2.75) is 26.7 Å². The Balaban J connectivity index is 2.29. The van der Waals surface area contributed by atoms with Crippen LogP contribution in [0.1, 0.15) is 22.5 Å². The summed E-state index contributed by atoms with van der Waals surface area (Å²) in [6.45, 7) is 2.98. The summed E-state index contributed by atoms with van der Waals surface area (Å²) in [6, 6.07) is 8.14. The van der Waals surface area contributed by atoms with Crippen LogP contribution < -0.4 is 0 Å². The Labute approximate surface area is 106 Å². The number of methoxy groups -OCH3 is 1. The van der Waals surface area contributed by atoms with Crippen molar-refractivity contribution in [2.24, 2.45) is 0 Å². The van der Waals surface area contributed by atoms with Gasteiger partial charge < -0.3 is 9.84 Å². The van der Waals surface area contributed by atoms with E-state index in [0.29, 0.717) is 18.8 Å². The van der Waals surface area contributed by atoms with E-state index >= 15 is 0 Å². The minimum atomic E-state index is -0.119. The van der Waals surface area contributed by atoms with E-state index in [4.69, 9.17) is 4.74 Å². The first-order chi connectivity index (χ1) is 8.76. The lowest BCUT2D eigenvalue weighted by Crippen LogP contribution is -2.09. The largest absolute Gasteiger partial charge is 0.390 e. The maximum absolute atomic E-state index is 9.21. The standard InChI is InChI=1S/C13H17N3O2/c1-10-5-3-4-6-11(10)7-16-13(9-18-2)12(8-17)14-15-16/h3-6,17H,7-9H2,1-2H3. The molecule has 0 fully saturated rings. The van der Waals surface area contributed by atoms with Gasteiger partial charge in [-0.05, 0) is 18.1 Å². The first-order valence-electron chi connectivity index (χ1n) is 5.81. The van der Waals surface area contributed by atoms with Crippen LogP contribution in [0, 0.1) is 6.92 Å². The van der Waals surface area contributed by atoms with Gasteiger partial charge in [0.15, 0.2) is 0 Å². The molecule has 5 heteroatoms. The summed E-state index contributed by atoms with van der Waals surface area (Å²) in [5, 5.41) is 17.2. The molecule has 1 N–H and O–H groups in total. The normalized spacial score (nSPS) is 10.8. The minimum Gasteiger partial charge on any atom is -0.390 e. The highest BCUT2D eigenvalue weighted by Crippen LogP contribution is 2.13. The van der Waals surface area contributed by atoms with Crippen LogP contribution >= 0.6 is 0 Å². The van der Waals surface area contributed by atoms with E-state index in [9.17, 15) is 5.11 Å². The zero-order chi connectivity index (χ0) is 13.0. The third-order valence-electron chi connectivity index (χ3n) is 2.93. The number of hydrogen-bond donors (Lipinski definition) is 1. The van der Waals surface area contributed by atoms with Crippen molar-refractivity contribution in [3.63, 3.8) is 0 Å². The third-order valence-corrected chi connectivity index (χ3v) is 2.93. The minimum absolute atomic E-state index is 0.119. The molecular formula is C13H17N3O2. The molecular weight excluding hydrogens is 230 g/mol. The van der Waals surface area contributed by atoms with Gasteiger partial charge in [-0.1, -0.05) is 29.5 Å². The lowest BCUT2D eigenvalue weighted by molar-refractivity contribution is 0.173. The van der Waals surface area contributed by atoms with Crippen LogP contribution in [0.25, 0.3) is 0 Å². The zero-order valence-corrected chi connectivity index (χ0v) is 10.6. The molecule has 5 nitrogen and oxygen atoms in total. The Morgan fingerprint density at radius 2 is 2.11 bits per heavy atom. The number of aliphatic hydroxyl groups excluding tert-OH is 1. The van der Waals surface area contributed by atoms with E-state index < -0.39 is 0 Å². The van der Waals surface area contributed by atoms with Crippen LogP contribution in [0.15, 0.2) is 24.3 Å². The number of ether oxygens (including phenoxy) is 1. The molecule has 96 valence electrons. The molecule has 0 aliphatic carbocycles. The van der Waals surface area contributed by atoms with Crippen molar-refractivity contribution < 1.29 is 9.84 Å². The summed E-state index contributed by atoms with van der Waals surface area (Å²) < 4.78 is 6.90. The maximum atomic E-state index is 9.21. The molecule has 0 spiro atoms. The highest BCUT2D eigenvalue weighted by molar-refractivity contribution is 5.26. The predicted octanol–water partition coefficient (Wildman–Crippen LogP) is 1.27. The molecule has 0 aliphatic heterocycles. The van der Waals surface area contributed by atoms with Crippen molar-refractivity contribution in [1.29, 1.82) is 0 Å². The summed E-state index contributed by atoms with van der Waals surface area (Å²) in [5.41, 5.74) is 3.79. The number of aryl methyl sites for hydroxylation is 1. The molecule has 1 heterocycles. The summed E-state index contributed by atoms with van der Waals surface area (Å²) in [4.78, 5) is 0. The van der Waals surface area contributed by atoms with Crippen LogP contribution in [-0.4, -0.2) is 27.2 Å². The lowest BCUT2D eigenvalue weighted by atomic mass is 10.1. The average molecular weight is 247 g/mol. The van der Waals surface area contributed by atoms with E-state index in [0.717, 1.165) is 5.69 Å². The van der Waals surface area contributed by atoms with Gasteiger partial charge in [0, 0.05) is 7.11 Å². The van der Waals surface area contributed by atoms with Gasteiger partial charge in [-0.25, -0.2) is 4.68 Å². The molecule has 2 aromatic rings. The average Bonchev–Trinajstić information content (AvgIpc) is 2.75. The SMILES string of the molecule is COCc1c(CO)nnn1Cc1ccccc1C. The number of aliphatic hydroxyl groups is 1. The van der Waals surface area contributed by atoms with E-state index in [-0.39, 0.29) is 6.61 Å². The van der Waals surface area contributed by atoms with Gasteiger partial charge in [0.2, 0.25) is 0 Å². The van der Waals surface area contributed by atoms with Gasteiger partial charge in [-0.15, -0.1) is 5.10 Å². The molecule has 0 atom stereocenters. The Morgan fingerprint density at radius 3 is 2.78 bits per heavy atom. The van der Waals surface area contributed by atoms with E-state index in [1.54, 1.807) is 11.8 Å². The molecule has 0 bridgehead atoms. The molecule has 0 unspecified atom stereocenters. The number of hydrogen-bond acceptors (Lipinski definition) is 4. The van der Waals surface area contributed by atoms with Gasteiger partial charge in [-0.3, -0.25) is 0 Å². The molecule has 18 heavy (non-hydrogen) atoms. The highest BCUT2D eigenvalue weighted by atomic mass is 16.5. The summed E-state index contributed by atoms with van der Waals surface area (Å²) in [6.07, 6.45) is 0. The van der Waals surface area contributed by atoms with Gasteiger partial charge in [-0.2, -0.15) is 0 Å². The molecule has 0 radical (unpaired) electrons. The quantitative estimate of drug-likeness (QED) is 0.864. The molecule has 0 amide bonds. The number of aromatic nitrogens is 3. The molecule has 1 aromatic carbocycles. The number of rotatable bonds is 5. The smallest absolute Gasteiger partial charge is 0.114 e. The Kier molecular flexibility index (Phi) is 4.07. The molecule has 2 rings (SSSR count). The second-order valence-electron chi connectivity index (χ2n) is 4.16. The van der Waals surface area contributed by atoms with Crippen molar-refractivity contribution in [3.05, 3.63) is 46.8 Å². The molecule has 1 aromatic heterocycles. The fraction of sp³-hybridized carbons (Fsp3) is 0.385. The van der Waals surface area contributed by atoms with Crippen LogP contribution in [0.3, 0.4) is 0 Å². The number of nitrogens with zero attached hydrogens (tertiary/aromatic N) is 3. The fourth-order valence-corrected chi connectivity index (χ4v) is 1.86. The summed E-state index contributed by atoms with van der Waals surface area (Å²) >= 11 is 0. The van der Waals surface area contributed by atoms with Crippen LogP contribution in [-0.2, 0) is 24.5 Å². The van der Waals surface area contributed by atoms with Crippen molar-refractivity contribution in [2.75, 3.05) is 7.11 Å². The zero-order valence-electron chi connectivity index (χ0n) is 10.6. The van der Waals surface area contributed by atoms with Crippen LogP contribution in [0.2, 0.25) is 0 Å². The van der Waals surface area contributed by atoms with E-state index in [1.165, 1.54) is 11.1 Å². The van der Waals surface area contributed by atoms with Crippen molar-refractivity contribution in [1.82, 2.24) is 15.0 Å². The third kappa shape index (κ3) is 2.57. The van der Waals surface area contributed by atoms with Crippen LogP contribution in [0.5, 0.6) is 0 Å². The summed E-state index contributed by atoms with van der Waals surface area (Å²) in [5.74, 6) is 0.